The summed E-state index contributed by atoms with van der Waals surface area (Å²) in [5.74, 6) is -0.597. The molecule has 0 aliphatic rings. The van der Waals surface area contributed by atoms with E-state index in [-0.39, 0.29) is 40.2 Å². The van der Waals surface area contributed by atoms with Gasteiger partial charge in [-0.3, -0.25) is 9.36 Å². The van der Waals surface area contributed by atoms with Crippen molar-refractivity contribution in [2.24, 2.45) is 0 Å². The molecular weight excluding hydrogens is 476 g/mol. The van der Waals surface area contributed by atoms with E-state index in [0.717, 1.165) is 24.3 Å². The van der Waals surface area contributed by atoms with Gasteiger partial charge in [0.25, 0.3) is 5.56 Å². The van der Waals surface area contributed by atoms with Crippen LogP contribution in [0.2, 0.25) is 0 Å². The summed E-state index contributed by atoms with van der Waals surface area (Å²) in [7, 11) is -3.81. The van der Waals surface area contributed by atoms with E-state index < -0.39 is 15.8 Å². The van der Waals surface area contributed by atoms with E-state index in [1.54, 1.807) is 12.1 Å². The number of nitrogens with one attached hydrogen (secondary N) is 1. The molecule has 26 heavy (non-hydrogen) atoms. The number of aromatic nitrogens is 2. The molecule has 0 atom stereocenters. The monoisotopic (exact) mass is 489 g/mol. The minimum absolute atomic E-state index is 0.0505. The van der Waals surface area contributed by atoms with Gasteiger partial charge in [0.15, 0.2) is 5.75 Å². The highest BCUT2D eigenvalue weighted by molar-refractivity contribution is 14.1. The number of halogens is 2. The van der Waals surface area contributed by atoms with E-state index in [1.807, 2.05) is 22.6 Å². The standard InChI is InChI=1S/C16H13FIN3O4S/c17-10-1-3-11(4-2-10)26(24,25)20-7-8-21-9-19-14-12(16(21)23)5-6-13(18)15(14)22/h1-6,9,20,22H,7-8H2. The predicted octanol–water partition coefficient (Wildman–Crippen LogP) is 1.82. The summed E-state index contributed by atoms with van der Waals surface area (Å²) in [6.07, 6.45) is 1.26. The van der Waals surface area contributed by atoms with Crippen molar-refractivity contribution in [1.82, 2.24) is 14.3 Å². The molecule has 0 unspecified atom stereocenters. The van der Waals surface area contributed by atoms with Gasteiger partial charge < -0.3 is 5.11 Å². The number of phenols is 1. The van der Waals surface area contributed by atoms with Crippen molar-refractivity contribution in [3.63, 3.8) is 0 Å². The van der Waals surface area contributed by atoms with Crippen molar-refractivity contribution in [2.75, 3.05) is 6.54 Å². The van der Waals surface area contributed by atoms with E-state index in [1.165, 1.54) is 10.9 Å². The van der Waals surface area contributed by atoms with Crippen molar-refractivity contribution < 1.29 is 17.9 Å². The molecule has 2 N–H and O–H groups in total. The summed E-state index contributed by atoms with van der Waals surface area (Å²) < 4.78 is 41.4. The number of phenolic OH excluding ortho intramolecular Hbond substituents is 1. The maximum absolute atomic E-state index is 12.9. The maximum atomic E-state index is 12.9. The van der Waals surface area contributed by atoms with Crippen molar-refractivity contribution >= 4 is 43.5 Å². The summed E-state index contributed by atoms with van der Waals surface area (Å²) in [5, 5.41) is 10.2. The highest BCUT2D eigenvalue weighted by Gasteiger charge is 2.14. The molecule has 3 rings (SSSR count). The number of fused-ring (bicyclic) bond motifs is 1. The normalized spacial score (nSPS) is 11.8. The van der Waals surface area contributed by atoms with E-state index in [4.69, 9.17) is 0 Å². The second kappa shape index (κ2) is 7.29. The fourth-order valence-corrected chi connectivity index (χ4v) is 3.81. The van der Waals surface area contributed by atoms with Crippen LogP contribution in [0.15, 0.2) is 52.4 Å². The number of benzene rings is 2. The average molecular weight is 489 g/mol. The van der Waals surface area contributed by atoms with Gasteiger partial charge in [0.1, 0.15) is 11.3 Å². The van der Waals surface area contributed by atoms with Crippen molar-refractivity contribution in [1.29, 1.82) is 0 Å². The van der Waals surface area contributed by atoms with E-state index in [2.05, 4.69) is 9.71 Å². The number of hydrogen-bond donors (Lipinski definition) is 2. The lowest BCUT2D eigenvalue weighted by Crippen LogP contribution is -2.31. The zero-order valence-corrected chi connectivity index (χ0v) is 16.2. The number of sulfonamides is 1. The van der Waals surface area contributed by atoms with Crippen LogP contribution in [0.1, 0.15) is 0 Å². The molecule has 0 radical (unpaired) electrons. The van der Waals surface area contributed by atoms with Gasteiger partial charge in [-0.2, -0.15) is 0 Å². The molecule has 10 heteroatoms. The first-order valence-corrected chi connectivity index (χ1v) is 9.97. The fraction of sp³-hybridized carbons (Fsp3) is 0.125. The quantitative estimate of drug-likeness (QED) is 0.533. The lowest BCUT2D eigenvalue weighted by Gasteiger charge is -2.10. The Morgan fingerprint density at radius 3 is 2.58 bits per heavy atom. The highest BCUT2D eigenvalue weighted by atomic mass is 127. The number of rotatable bonds is 5. The van der Waals surface area contributed by atoms with Gasteiger partial charge >= 0.3 is 0 Å². The zero-order valence-electron chi connectivity index (χ0n) is 13.2. The lowest BCUT2D eigenvalue weighted by molar-refractivity contribution is 0.476. The van der Waals surface area contributed by atoms with Gasteiger partial charge in [-0.05, 0) is 59.0 Å². The Morgan fingerprint density at radius 2 is 1.88 bits per heavy atom. The molecule has 0 spiro atoms. The third-order valence-electron chi connectivity index (χ3n) is 3.69. The first kappa shape index (κ1) is 18.7. The number of hydrogen-bond acceptors (Lipinski definition) is 5. The van der Waals surface area contributed by atoms with E-state index in [9.17, 15) is 22.7 Å². The van der Waals surface area contributed by atoms with Gasteiger partial charge in [0.05, 0.1) is 20.2 Å². The lowest BCUT2D eigenvalue weighted by atomic mass is 10.2. The Bertz CT molecular complexity index is 1130. The Labute approximate surface area is 161 Å². The van der Waals surface area contributed by atoms with E-state index in [0.29, 0.717) is 3.57 Å². The van der Waals surface area contributed by atoms with Crippen LogP contribution >= 0.6 is 22.6 Å². The van der Waals surface area contributed by atoms with Crippen LogP contribution in [-0.4, -0.2) is 29.6 Å². The molecule has 0 fully saturated rings. The Morgan fingerprint density at radius 1 is 1.19 bits per heavy atom. The molecule has 3 aromatic rings. The van der Waals surface area contributed by atoms with Crippen LogP contribution in [-0.2, 0) is 16.6 Å². The van der Waals surface area contributed by atoms with Crippen LogP contribution in [0.3, 0.4) is 0 Å². The predicted molar refractivity (Wildman–Crippen MR) is 102 cm³/mol. The number of aromatic hydroxyl groups is 1. The molecule has 1 heterocycles. The van der Waals surface area contributed by atoms with Gasteiger partial charge in [-0.25, -0.2) is 22.5 Å². The molecule has 0 aliphatic carbocycles. The van der Waals surface area contributed by atoms with Gasteiger partial charge in [0.2, 0.25) is 10.0 Å². The first-order chi connectivity index (χ1) is 12.3. The maximum Gasteiger partial charge on any atom is 0.261 e. The molecule has 1 aromatic heterocycles. The summed E-state index contributed by atoms with van der Waals surface area (Å²) in [5.41, 5.74) is -0.187. The van der Waals surface area contributed by atoms with E-state index >= 15 is 0 Å². The molecule has 0 bridgehead atoms. The molecule has 0 saturated heterocycles. The molecule has 0 amide bonds. The van der Waals surface area contributed by atoms with Crippen LogP contribution in [0.25, 0.3) is 10.9 Å². The molecule has 0 aliphatic heterocycles. The molecule has 7 nitrogen and oxygen atoms in total. The Balaban J connectivity index is 1.78. The third kappa shape index (κ3) is 3.71. The largest absolute Gasteiger partial charge is 0.505 e. The first-order valence-electron chi connectivity index (χ1n) is 7.41. The molecule has 0 saturated carbocycles. The summed E-state index contributed by atoms with van der Waals surface area (Å²) >= 11 is 1.93. The van der Waals surface area contributed by atoms with Gasteiger partial charge in [-0.1, -0.05) is 0 Å². The topological polar surface area (TPSA) is 101 Å². The number of nitrogens with zero attached hydrogens (tertiary/aromatic N) is 2. The highest BCUT2D eigenvalue weighted by Crippen LogP contribution is 2.25. The molecule has 2 aromatic carbocycles. The van der Waals surface area contributed by atoms with Crippen molar-refractivity contribution in [3.8, 4) is 5.75 Å². The average Bonchev–Trinajstić information content (AvgIpc) is 2.60. The minimum Gasteiger partial charge on any atom is -0.505 e. The summed E-state index contributed by atoms with van der Waals surface area (Å²) in [6.45, 7) is -0.00189. The van der Waals surface area contributed by atoms with Crippen LogP contribution in [0.5, 0.6) is 5.75 Å². The SMILES string of the molecule is O=c1c2ccc(I)c(O)c2ncn1CCNS(=O)(=O)c1ccc(F)cc1. The van der Waals surface area contributed by atoms with Crippen LogP contribution in [0, 0.1) is 9.39 Å². The minimum atomic E-state index is -3.81. The zero-order chi connectivity index (χ0) is 18.9. The summed E-state index contributed by atoms with van der Waals surface area (Å²) in [6, 6.07) is 7.59. The van der Waals surface area contributed by atoms with Gasteiger partial charge in [0, 0.05) is 13.1 Å². The fourth-order valence-electron chi connectivity index (χ4n) is 2.35. The smallest absolute Gasteiger partial charge is 0.261 e. The van der Waals surface area contributed by atoms with Crippen LogP contribution in [0.4, 0.5) is 4.39 Å². The van der Waals surface area contributed by atoms with Gasteiger partial charge in [-0.15, -0.1) is 0 Å². The van der Waals surface area contributed by atoms with Crippen molar-refractivity contribution in [2.45, 2.75) is 11.4 Å². The molecular formula is C16H13FIN3O4S. The Kier molecular flexibility index (Phi) is 5.25. The summed E-state index contributed by atoms with van der Waals surface area (Å²) in [4.78, 5) is 16.5. The third-order valence-corrected chi connectivity index (χ3v) is 6.04. The Hall–Kier alpha value is -2.05. The molecule has 136 valence electrons. The second-order valence-corrected chi connectivity index (χ2v) is 8.32. The van der Waals surface area contributed by atoms with Crippen molar-refractivity contribution in [3.05, 3.63) is 62.5 Å². The second-order valence-electron chi connectivity index (χ2n) is 5.39. The van der Waals surface area contributed by atoms with Crippen LogP contribution < -0.4 is 10.3 Å².